The first kappa shape index (κ1) is 19.3. The summed E-state index contributed by atoms with van der Waals surface area (Å²) in [6.45, 7) is 2.57. The lowest BCUT2D eigenvalue weighted by Crippen LogP contribution is -2.48. The zero-order chi connectivity index (χ0) is 19.6. The number of amides is 1. The van der Waals surface area contributed by atoms with E-state index in [0.717, 1.165) is 24.1 Å². The number of allylic oxidation sites excluding steroid dienone is 2. The van der Waals surface area contributed by atoms with Gasteiger partial charge in [-0.25, -0.2) is 4.99 Å². The van der Waals surface area contributed by atoms with Gasteiger partial charge in [0.1, 0.15) is 5.75 Å². The van der Waals surface area contributed by atoms with Crippen molar-refractivity contribution < 1.29 is 22.7 Å². The van der Waals surface area contributed by atoms with Crippen LogP contribution in [0.3, 0.4) is 0 Å². The van der Waals surface area contributed by atoms with Crippen LogP contribution in [0.1, 0.15) is 38.3 Å². The number of alkyl halides is 3. The van der Waals surface area contributed by atoms with Crippen molar-refractivity contribution in [3.05, 3.63) is 41.6 Å². The Morgan fingerprint density at radius 3 is 2.59 bits per heavy atom. The second-order valence-corrected chi connectivity index (χ2v) is 6.82. The Hall–Kier alpha value is -2.51. The van der Waals surface area contributed by atoms with Gasteiger partial charge in [0.2, 0.25) is 5.91 Å². The van der Waals surface area contributed by atoms with Crippen molar-refractivity contribution in [3.8, 4) is 5.75 Å². The van der Waals surface area contributed by atoms with E-state index in [9.17, 15) is 18.0 Å². The molecular weight excluding hydrogens is 359 g/mol. The number of benzene rings is 1. The summed E-state index contributed by atoms with van der Waals surface area (Å²) < 4.78 is 41.5. The minimum Gasteiger partial charge on any atom is -0.484 e. The van der Waals surface area contributed by atoms with Gasteiger partial charge in [-0.2, -0.15) is 13.2 Å². The molecule has 1 N–H and O–H groups in total. The van der Waals surface area contributed by atoms with Gasteiger partial charge in [0.15, 0.2) is 12.9 Å². The lowest BCUT2D eigenvalue weighted by molar-refractivity contribution is -0.153. The number of carbonyl (C=O) groups is 1. The molecular formula is C19H22F3N3O2. The van der Waals surface area contributed by atoms with Crippen LogP contribution < -0.4 is 10.1 Å². The molecule has 1 heterocycles. The van der Waals surface area contributed by atoms with E-state index in [1.807, 2.05) is 24.8 Å². The summed E-state index contributed by atoms with van der Waals surface area (Å²) in [4.78, 5) is 18.5. The van der Waals surface area contributed by atoms with Crippen LogP contribution in [0.4, 0.5) is 13.2 Å². The molecule has 0 saturated heterocycles. The molecule has 1 amide bonds. The van der Waals surface area contributed by atoms with Crippen molar-refractivity contribution in [1.29, 1.82) is 0 Å². The van der Waals surface area contributed by atoms with E-state index in [4.69, 9.17) is 4.74 Å². The monoisotopic (exact) mass is 381 g/mol. The standard InChI is InChI=1S/C19H22F3N3O2/c1-12-9-10-23-18(24-17(26)15-3-4-15)25(12)13(2)14-5-7-16(8-6-14)27-11-19(20,21)22/h5-10,13,15,18H,3-4,11H2,1-2H3,(H,24,26). The first-order valence-electron chi connectivity index (χ1n) is 8.83. The van der Waals surface area contributed by atoms with Crippen molar-refractivity contribution in [1.82, 2.24) is 10.2 Å². The number of halogens is 3. The van der Waals surface area contributed by atoms with Crippen LogP contribution in [-0.2, 0) is 4.79 Å². The van der Waals surface area contributed by atoms with Crippen LogP contribution in [0.5, 0.6) is 5.75 Å². The van der Waals surface area contributed by atoms with Gasteiger partial charge >= 0.3 is 6.18 Å². The molecule has 1 aliphatic carbocycles. The Labute approximate surface area is 155 Å². The fourth-order valence-electron chi connectivity index (χ4n) is 2.97. The van der Waals surface area contributed by atoms with Gasteiger partial charge in [-0.3, -0.25) is 4.79 Å². The summed E-state index contributed by atoms with van der Waals surface area (Å²) in [5.74, 6) is 0.236. The van der Waals surface area contributed by atoms with E-state index in [2.05, 4.69) is 10.3 Å². The van der Waals surface area contributed by atoms with Crippen LogP contribution in [-0.4, -0.2) is 36.1 Å². The Morgan fingerprint density at radius 2 is 2.00 bits per heavy atom. The SMILES string of the molecule is CC1=CC=NC(NC(=O)C2CC2)N1C(C)c1ccc(OCC(F)(F)F)cc1. The normalized spacial score (nSPS) is 20.9. The molecule has 0 aromatic heterocycles. The summed E-state index contributed by atoms with van der Waals surface area (Å²) in [5.41, 5.74) is 1.82. The number of rotatable bonds is 6. The van der Waals surface area contributed by atoms with Crippen LogP contribution in [0.2, 0.25) is 0 Å². The molecule has 2 atom stereocenters. The third kappa shape index (κ3) is 5.02. The number of hydrogen-bond acceptors (Lipinski definition) is 4. The second kappa shape index (κ2) is 7.62. The van der Waals surface area contributed by atoms with E-state index < -0.39 is 19.1 Å². The highest BCUT2D eigenvalue weighted by molar-refractivity contribution is 5.81. The topological polar surface area (TPSA) is 53.9 Å². The highest BCUT2D eigenvalue weighted by atomic mass is 19.4. The van der Waals surface area contributed by atoms with Gasteiger partial charge in [-0.15, -0.1) is 0 Å². The van der Waals surface area contributed by atoms with Gasteiger partial charge in [0.25, 0.3) is 0 Å². The number of aliphatic imine (C=N–C) groups is 1. The summed E-state index contributed by atoms with van der Waals surface area (Å²) in [7, 11) is 0. The molecule has 1 saturated carbocycles. The first-order chi connectivity index (χ1) is 12.7. The third-order valence-electron chi connectivity index (χ3n) is 4.62. The van der Waals surface area contributed by atoms with Crippen molar-refractivity contribution in [2.45, 2.75) is 45.2 Å². The maximum atomic E-state index is 12.3. The van der Waals surface area contributed by atoms with Gasteiger partial charge < -0.3 is 15.0 Å². The van der Waals surface area contributed by atoms with Gasteiger partial charge in [0, 0.05) is 17.8 Å². The molecule has 27 heavy (non-hydrogen) atoms. The first-order valence-corrected chi connectivity index (χ1v) is 8.83. The molecule has 1 aliphatic heterocycles. The Morgan fingerprint density at radius 1 is 1.33 bits per heavy atom. The second-order valence-electron chi connectivity index (χ2n) is 6.82. The fourth-order valence-corrected chi connectivity index (χ4v) is 2.97. The molecule has 0 bridgehead atoms. The van der Waals surface area contributed by atoms with Gasteiger partial charge in [0.05, 0.1) is 6.04 Å². The Balaban J connectivity index is 1.69. The number of carbonyl (C=O) groups excluding carboxylic acids is 1. The van der Waals surface area contributed by atoms with E-state index in [1.165, 1.54) is 12.1 Å². The molecule has 0 spiro atoms. The molecule has 5 nitrogen and oxygen atoms in total. The smallest absolute Gasteiger partial charge is 0.422 e. The zero-order valence-electron chi connectivity index (χ0n) is 15.2. The lowest BCUT2D eigenvalue weighted by Gasteiger charge is -2.38. The molecule has 1 fully saturated rings. The third-order valence-corrected chi connectivity index (χ3v) is 4.62. The number of hydrogen-bond donors (Lipinski definition) is 1. The Bertz CT molecular complexity index is 740. The van der Waals surface area contributed by atoms with Crippen molar-refractivity contribution in [2.24, 2.45) is 10.9 Å². The predicted octanol–water partition coefficient (Wildman–Crippen LogP) is 3.79. The average molecular weight is 381 g/mol. The highest BCUT2D eigenvalue weighted by Crippen LogP contribution is 2.32. The van der Waals surface area contributed by atoms with Gasteiger partial charge in [-0.1, -0.05) is 12.1 Å². The molecule has 8 heteroatoms. The van der Waals surface area contributed by atoms with Crippen LogP contribution in [0.25, 0.3) is 0 Å². The molecule has 1 aromatic rings. The molecule has 1 aromatic carbocycles. The van der Waals surface area contributed by atoms with Crippen molar-refractivity contribution in [3.63, 3.8) is 0 Å². The maximum absolute atomic E-state index is 12.3. The maximum Gasteiger partial charge on any atom is 0.422 e. The summed E-state index contributed by atoms with van der Waals surface area (Å²) >= 11 is 0. The highest BCUT2D eigenvalue weighted by Gasteiger charge is 2.34. The van der Waals surface area contributed by atoms with Crippen LogP contribution >= 0.6 is 0 Å². The van der Waals surface area contributed by atoms with Crippen LogP contribution in [0.15, 0.2) is 41.0 Å². The van der Waals surface area contributed by atoms with Gasteiger partial charge in [-0.05, 0) is 50.5 Å². The van der Waals surface area contributed by atoms with E-state index in [1.54, 1.807) is 18.3 Å². The van der Waals surface area contributed by atoms with E-state index >= 15 is 0 Å². The quantitative estimate of drug-likeness (QED) is 0.816. The predicted molar refractivity (Wildman–Crippen MR) is 95.1 cm³/mol. The summed E-state index contributed by atoms with van der Waals surface area (Å²) in [5, 5.41) is 2.96. The largest absolute Gasteiger partial charge is 0.484 e. The molecule has 3 rings (SSSR count). The number of ether oxygens (including phenoxy) is 1. The fraction of sp³-hybridized carbons (Fsp3) is 0.474. The number of nitrogens with zero attached hydrogens (tertiary/aromatic N) is 2. The summed E-state index contributed by atoms with van der Waals surface area (Å²) in [6, 6.07) is 6.34. The molecule has 0 radical (unpaired) electrons. The molecule has 146 valence electrons. The molecule has 2 aliphatic rings. The zero-order valence-corrected chi connectivity index (χ0v) is 15.2. The minimum atomic E-state index is -4.37. The molecule has 2 unspecified atom stereocenters. The van der Waals surface area contributed by atoms with Crippen molar-refractivity contribution in [2.75, 3.05) is 6.61 Å². The average Bonchev–Trinajstić information content (AvgIpc) is 3.45. The van der Waals surface area contributed by atoms with E-state index in [0.29, 0.717) is 0 Å². The van der Waals surface area contributed by atoms with E-state index in [-0.39, 0.29) is 23.6 Å². The Kier molecular flexibility index (Phi) is 5.43. The summed E-state index contributed by atoms with van der Waals surface area (Å²) in [6.07, 6.45) is 0.478. The van der Waals surface area contributed by atoms with Crippen LogP contribution in [0, 0.1) is 5.92 Å². The lowest BCUT2D eigenvalue weighted by atomic mass is 10.1. The number of nitrogens with one attached hydrogen (secondary N) is 1. The minimum absolute atomic E-state index is 0.0000476. The van der Waals surface area contributed by atoms with Crippen molar-refractivity contribution >= 4 is 12.1 Å².